The topological polar surface area (TPSA) is 42.4 Å². The molecule has 0 aliphatic carbocycles. The second kappa shape index (κ2) is 5.57. The molecule has 18 heavy (non-hydrogen) atoms. The van der Waals surface area contributed by atoms with Crippen LogP contribution in [0.4, 0.5) is 0 Å². The Morgan fingerprint density at radius 1 is 1.22 bits per heavy atom. The van der Waals surface area contributed by atoms with Gasteiger partial charge in [-0.3, -0.25) is 4.98 Å². The van der Waals surface area contributed by atoms with E-state index < -0.39 is 6.10 Å². The second-order valence-corrected chi connectivity index (χ2v) is 4.65. The van der Waals surface area contributed by atoms with Gasteiger partial charge in [0.25, 0.3) is 0 Å². The van der Waals surface area contributed by atoms with Crippen LogP contribution in [0, 0.1) is 0 Å². The number of aliphatic hydroxyl groups is 1. The fourth-order valence-electron chi connectivity index (χ4n) is 1.43. The lowest BCUT2D eigenvalue weighted by Gasteiger charge is -2.10. The largest absolute Gasteiger partial charge is 0.454 e. The zero-order valence-electron chi connectivity index (χ0n) is 9.60. The molecule has 94 valence electrons. The first kappa shape index (κ1) is 13.1. The molecule has 1 aromatic carbocycles. The Morgan fingerprint density at radius 2 is 2.00 bits per heavy atom. The van der Waals surface area contributed by atoms with Crippen LogP contribution in [0.3, 0.4) is 0 Å². The van der Waals surface area contributed by atoms with E-state index in [4.69, 9.17) is 27.9 Å². The smallest absolute Gasteiger partial charge is 0.147 e. The van der Waals surface area contributed by atoms with Gasteiger partial charge in [-0.05, 0) is 24.6 Å². The number of nitrogens with zero attached hydrogens (tertiary/aromatic N) is 1. The second-order valence-electron chi connectivity index (χ2n) is 3.81. The molecule has 0 radical (unpaired) electrons. The molecule has 2 aromatic rings. The highest BCUT2D eigenvalue weighted by Gasteiger charge is 2.08. The van der Waals surface area contributed by atoms with Crippen LogP contribution >= 0.6 is 23.2 Å². The molecule has 0 saturated heterocycles. The number of aliphatic hydroxyl groups excluding tert-OH is 1. The number of pyridine rings is 1. The van der Waals surface area contributed by atoms with Gasteiger partial charge in [0, 0.05) is 12.3 Å². The molecule has 0 aliphatic heterocycles. The van der Waals surface area contributed by atoms with Gasteiger partial charge in [-0.2, -0.15) is 0 Å². The molecule has 5 heteroatoms. The van der Waals surface area contributed by atoms with Crippen LogP contribution in [0.15, 0.2) is 36.7 Å². The standard InChI is InChI=1S/C13H11Cl2NO2/c1-8(17)9-2-3-13(12(15)4-9)18-11-5-10(14)6-16-7-11/h2-8,17H,1H3/t8-/m0/s1. The van der Waals surface area contributed by atoms with Crippen molar-refractivity contribution in [3.05, 3.63) is 52.3 Å². The van der Waals surface area contributed by atoms with Crippen molar-refractivity contribution in [2.45, 2.75) is 13.0 Å². The summed E-state index contributed by atoms with van der Waals surface area (Å²) in [6, 6.07) is 6.77. The first-order chi connectivity index (χ1) is 8.56. The minimum atomic E-state index is -0.565. The van der Waals surface area contributed by atoms with Crippen LogP contribution < -0.4 is 4.74 Å². The highest BCUT2D eigenvalue weighted by molar-refractivity contribution is 6.32. The van der Waals surface area contributed by atoms with E-state index in [2.05, 4.69) is 4.98 Å². The summed E-state index contributed by atoms with van der Waals surface area (Å²) in [5, 5.41) is 10.4. The molecule has 1 atom stereocenters. The van der Waals surface area contributed by atoms with Crippen molar-refractivity contribution in [2.24, 2.45) is 0 Å². The van der Waals surface area contributed by atoms with Crippen LogP contribution in [0.1, 0.15) is 18.6 Å². The number of ether oxygens (including phenoxy) is 1. The molecule has 0 amide bonds. The van der Waals surface area contributed by atoms with Crippen molar-refractivity contribution in [2.75, 3.05) is 0 Å². The molecular weight excluding hydrogens is 273 g/mol. The van der Waals surface area contributed by atoms with Crippen LogP contribution in [-0.2, 0) is 0 Å². The summed E-state index contributed by atoms with van der Waals surface area (Å²) in [7, 11) is 0. The Labute approximate surface area is 115 Å². The van der Waals surface area contributed by atoms with Crippen LogP contribution in [0.25, 0.3) is 0 Å². The summed E-state index contributed by atoms with van der Waals surface area (Å²) in [6.07, 6.45) is 2.50. The highest BCUT2D eigenvalue weighted by Crippen LogP contribution is 2.32. The van der Waals surface area contributed by atoms with Gasteiger partial charge in [0.2, 0.25) is 0 Å². The fraction of sp³-hybridized carbons (Fsp3) is 0.154. The van der Waals surface area contributed by atoms with Crippen molar-refractivity contribution in [1.82, 2.24) is 4.98 Å². The molecule has 3 nitrogen and oxygen atoms in total. The number of hydrogen-bond acceptors (Lipinski definition) is 3. The Morgan fingerprint density at radius 3 is 2.61 bits per heavy atom. The Bertz CT molecular complexity index is 558. The number of aromatic nitrogens is 1. The molecule has 0 aliphatic rings. The SMILES string of the molecule is C[C@H](O)c1ccc(Oc2cncc(Cl)c2)c(Cl)c1. The number of benzene rings is 1. The third-order valence-corrected chi connectivity index (χ3v) is 2.85. The summed E-state index contributed by atoms with van der Waals surface area (Å²) < 4.78 is 5.56. The Balaban J connectivity index is 2.24. The number of hydrogen-bond donors (Lipinski definition) is 1. The molecule has 1 heterocycles. The molecular formula is C13H11Cl2NO2. The maximum absolute atomic E-state index is 9.44. The van der Waals surface area contributed by atoms with E-state index in [9.17, 15) is 5.11 Å². The third-order valence-electron chi connectivity index (χ3n) is 2.35. The highest BCUT2D eigenvalue weighted by atomic mass is 35.5. The number of halogens is 2. The van der Waals surface area contributed by atoms with Crippen LogP contribution in [0.5, 0.6) is 11.5 Å². The molecule has 2 rings (SSSR count). The molecule has 0 bridgehead atoms. The normalized spacial score (nSPS) is 12.2. The van der Waals surface area contributed by atoms with Crippen molar-refractivity contribution in [1.29, 1.82) is 0 Å². The molecule has 0 unspecified atom stereocenters. The average Bonchev–Trinajstić information content (AvgIpc) is 2.31. The monoisotopic (exact) mass is 283 g/mol. The van der Waals surface area contributed by atoms with Crippen LogP contribution in [0.2, 0.25) is 10.0 Å². The van der Waals surface area contributed by atoms with Gasteiger partial charge >= 0.3 is 0 Å². The molecule has 1 N–H and O–H groups in total. The average molecular weight is 284 g/mol. The van der Waals surface area contributed by atoms with Gasteiger partial charge in [0.1, 0.15) is 11.5 Å². The van der Waals surface area contributed by atoms with Gasteiger partial charge in [0.15, 0.2) is 0 Å². The van der Waals surface area contributed by atoms with Crippen molar-refractivity contribution >= 4 is 23.2 Å². The molecule has 0 saturated carbocycles. The van der Waals surface area contributed by atoms with Gasteiger partial charge in [0.05, 0.1) is 22.3 Å². The number of rotatable bonds is 3. The van der Waals surface area contributed by atoms with Crippen molar-refractivity contribution in [3.63, 3.8) is 0 Å². The summed E-state index contributed by atoms with van der Waals surface area (Å²) in [5.41, 5.74) is 0.733. The van der Waals surface area contributed by atoms with E-state index in [1.165, 1.54) is 6.20 Å². The Kier molecular flexibility index (Phi) is 4.07. The van der Waals surface area contributed by atoms with E-state index in [0.717, 1.165) is 5.56 Å². The third kappa shape index (κ3) is 3.13. The quantitative estimate of drug-likeness (QED) is 0.916. The fourth-order valence-corrected chi connectivity index (χ4v) is 1.83. The molecule has 0 fully saturated rings. The minimum absolute atomic E-state index is 0.424. The van der Waals surface area contributed by atoms with Crippen LogP contribution in [-0.4, -0.2) is 10.1 Å². The predicted octanol–water partition coefficient (Wildman–Crippen LogP) is 4.23. The predicted molar refractivity (Wildman–Crippen MR) is 71.4 cm³/mol. The minimum Gasteiger partial charge on any atom is -0.454 e. The van der Waals surface area contributed by atoms with Gasteiger partial charge in [-0.1, -0.05) is 29.3 Å². The van der Waals surface area contributed by atoms with Gasteiger partial charge in [-0.25, -0.2) is 0 Å². The lowest BCUT2D eigenvalue weighted by molar-refractivity contribution is 0.199. The maximum atomic E-state index is 9.44. The first-order valence-electron chi connectivity index (χ1n) is 5.32. The van der Waals surface area contributed by atoms with E-state index in [1.807, 2.05) is 0 Å². The zero-order valence-corrected chi connectivity index (χ0v) is 11.1. The molecule has 0 spiro atoms. The van der Waals surface area contributed by atoms with E-state index in [1.54, 1.807) is 37.4 Å². The Hall–Kier alpha value is -1.29. The summed E-state index contributed by atoms with van der Waals surface area (Å²) in [5.74, 6) is 0.999. The summed E-state index contributed by atoms with van der Waals surface area (Å²) in [6.45, 7) is 1.67. The lowest BCUT2D eigenvalue weighted by atomic mass is 10.1. The van der Waals surface area contributed by atoms with E-state index >= 15 is 0 Å². The van der Waals surface area contributed by atoms with Crippen molar-refractivity contribution in [3.8, 4) is 11.5 Å². The maximum Gasteiger partial charge on any atom is 0.147 e. The lowest BCUT2D eigenvalue weighted by Crippen LogP contribution is -1.92. The summed E-state index contributed by atoms with van der Waals surface area (Å²) >= 11 is 11.9. The summed E-state index contributed by atoms with van der Waals surface area (Å²) in [4.78, 5) is 3.92. The molecule has 1 aromatic heterocycles. The van der Waals surface area contributed by atoms with E-state index in [-0.39, 0.29) is 0 Å². The van der Waals surface area contributed by atoms with E-state index in [0.29, 0.717) is 21.5 Å². The van der Waals surface area contributed by atoms with Gasteiger partial charge < -0.3 is 9.84 Å². The first-order valence-corrected chi connectivity index (χ1v) is 6.08. The zero-order chi connectivity index (χ0) is 13.1. The van der Waals surface area contributed by atoms with Gasteiger partial charge in [-0.15, -0.1) is 0 Å². The van der Waals surface area contributed by atoms with Crippen molar-refractivity contribution < 1.29 is 9.84 Å².